The topological polar surface area (TPSA) is 84.7 Å². The van der Waals surface area contributed by atoms with Gasteiger partial charge in [-0.05, 0) is 12.1 Å². The normalized spacial score (nSPS) is 16.5. The Kier molecular flexibility index (Phi) is 6.31. The summed E-state index contributed by atoms with van der Waals surface area (Å²) < 4.78 is 26.5. The van der Waals surface area contributed by atoms with E-state index in [1.807, 2.05) is 11.0 Å². The van der Waals surface area contributed by atoms with Gasteiger partial charge in [-0.25, -0.2) is 8.42 Å². The Morgan fingerprint density at radius 3 is 2.42 bits per heavy atom. The first kappa shape index (κ1) is 18.4. The summed E-state index contributed by atoms with van der Waals surface area (Å²) in [5.41, 5.74) is 0. The molecule has 0 aromatic heterocycles. The van der Waals surface area contributed by atoms with E-state index in [9.17, 15) is 13.2 Å². The molecule has 2 rings (SSSR count). The van der Waals surface area contributed by atoms with Gasteiger partial charge >= 0.3 is 0 Å². The molecule has 1 saturated heterocycles. The van der Waals surface area contributed by atoms with Gasteiger partial charge in [0.1, 0.15) is 0 Å². The Labute approximate surface area is 143 Å². The lowest BCUT2D eigenvalue weighted by molar-refractivity contribution is -0.131. The van der Waals surface area contributed by atoms with Gasteiger partial charge in [-0.15, -0.1) is 0 Å². The van der Waals surface area contributed by atoms with Crippen LogP contribution in [0.25, 0.3) is 0 Å². The summed E-state index contributed by atoms with van der Waals surface area (Å²) in [7, 11) is -1.79. The van der Waals surface area contributed by atoms with Gasteiger partial charge in [0.15, 0.2) is 0 Å². The van der Waals surface area contributed by atoms with Crippen molar-refractivity contribution in [3.63, 3.8) is 0 Å². The van der Waals surface area contributed by atoms with Crippen molar-refractivity contribution >= 4 is 15.9 Å². The minimum Gasteiger partial charge on any atom is -0.344 e. The van der Waals surface area contributed by atoms with Crippen molar-refractivity contribution in [2.45, 2.75) is 11.3 Å². The average molecular weight is 350 g/mol. The monoisotopic (exact) mass is 350 g/mol. The maximum atomic E-state index is 12.5. The van der Waals surface area contributed by atoms with Crippen LogP contribution in [-0.2, 0) is 14.8 Å². The minimum absolute atomic E-state index is 0.0513. The number of hydrogen-bond donors (Lipinski definition) is 0. The molecule has 0 spiro atoms. The molecule has 0 aliphatic carbocycles. The first-order valence-corrected chi connectivity index (χ1v) is 9.27. The van der Waals surface area contributed by atoms with Crippen LogP contribution in [0.1, 0.15) is 6.42 Å². The number of sulfonamides is 1. The fraction of sp³-hybridized carbons (Fsp3) is 0.500. The van der Waals surface area contributed by atoms with Crippen molar-refractivity contribution < 1.29 is 13.2 Å². The SMILES string of the molecule is CN(CCC#N)C(=O)CN1CCN(S(=O)(=O)c2ccccc2)CC1. The smallest absolute Gasteiger partial charge is 0.243 e. The van der Waals surface area contributed by atoms with Crippen LogP contribution in [0, 0.1) is 11.3 Å². The summed E-state index contributed by atoms with van der Waals surface area (Å²) in [6.07, 6.45) is 0.311. The van der Waals surface area contributed by atoms with Gasteiger partial charge in [0.2, 0.25) is 15.9 Å². The number of benzene rings is 1. The van der Waals surface area contributed by atoms with E-state index < -0.39 is 10.0 Å². The van der Waals surface area contributed by atoms with E-state index in [0.29, 0.717) is 44.0 Å². The van der Waals surface area contributed by atoms with Gasteiger partial charge < -0.3 is 4.90 Å². The minimum atomic E-state index is -3.47. The van der Waals surface area contributed by atoms with Crippen LogP contribution >= 0.6 is 0 Å². The number of carbonyl (C=O) groups excluding carboxylic acids is 1. The van der Waals surface area contributed by atoms with Gasteiger partial charge in [0.25, 0.3) is 0 Å². The Balaban J connectivity index is 1.88. The second kappa shape index (κ2) is 8.24. The van der Waals surface area contributed by atoms with Crippen LogP contribution < -0.4 is 0 Å². The molecule has 0 bridgehead atoms. The molecule has 130 valence electrons. The maximum Gasteiger partial charge on any atom is 0.243 e. The van der Waals surface area contributed by atoms with E-state index in [1.165, 1.54) is 9.21 Å². The van der Waals surface area contributed by atoms with Gasteiger partial charge in [0, 0.05) is 39.8 Å². The Hall–Kier alpha value is -1.95. The Bertz CT molecular complexity index is 692. The number of rotatable bonds is 6. The number of nitrogens with zero attached hydrogens (tertiary/aromatic N) is 4. The second-order valence-electron chi connectivity index (χ2n) is 5.72. The molecule has 0 atom stereocenters. The van der Waals surface area contributed by atoms with Gasteiger partial charge in [-0.3, -0.25) is 9.69 Å². The van der Waals surface area contributed by atoms with Gasteiger partial charge in [0.05, 0.1) is 23.9 Å². The fourth-order valence-corrected chi connectivity index (χ4v) is 3.97. The summed E-state index contributed by atoms with van der Waals surface area (Å²) in [5.74, 6) is -0.0513. The summed E-state index contributed by atoms with van der Waals surface area (Å²) in [4.78, 5) is 15.8. The molecule has 0 N–H and O–H groups in total. The molecule has 1 heterocycles. The fourth-order valence-electron chi connectivity index (χ4n) is 2.52. The van der Waals surface area contributed by atoms with Crippen LogP contribution in [0.3, 0.4) is 0 Å². The second-order valence-corrected chi connectivity index (χ2v) is 7.65. The van der Waals surface area contributed by atoms with E-state index in [0.717, 1.165) is 0 Å². The predicted molar refractivity (Wildman–Crippen MR) is 89.5 cm³/mol. The molecule has 0 saturated carbocycles. The zero-order chi connectivity index (χ0) is 17.6. The number of nitriles is 1. The Morgan fingerprint density at radius 2 is 1.83 bits per heavy atom. The van der Waals surface area contributed by atoms with Crippen molar-refractivity contribution in [2.75, 3.05) is 46.3 Å². The predicted octanol–water partition coefficient (Wildman–Crippen LogP) is 0.365. The highest BCUT2D eigenvalue weighted by Gasteiger charge is 2.29. The molecule has 7 nitrogen and oxygen atoms in total. The highest BCUT2D eigenvalue weighted by atomic mass is 32.2. The summed E-state index contributed by atoms with van der Waals surface area (Å²) in [6.45, 7) is 2.44. The number of hydrogen-bond acceptors (Lipinski definition) is 5. The highest BCUT2D eigenvalue weighted by molar-refractivity contribution is 7.89. The molecule has 0 unspecified atom stereocenters. The molecule has 1 aliphatic rings. The Morgan fingerprint density at radius 1 is 1.21 bits per heavy atom. The van der Waals surface area contributed by atoms with Crippen molar-refractivity contribution in [2.24, 2.45) is 0 Å². The van der Waals surface area contributed by atoms with Crippen LogP contribution in [-0.4, -0.2) is 74.7 Å². The number of amides is 1. The number of likely N-dealkylation sites (N-methyl/N-ethyl adjacent to an activating group) is 1. The van der Waals surface area contributed by atoms with Crippen LogP contribution in [0.2, 0.25) is 0 Å². The molecule has 1 aliphatic heterocycles. The maximum absolute atomic E-state index is 12.5. The molecule has 1 amide bonds. The summed E-state index contributed by atoms with van der Waals surface area (Å²) in [5, 5.41) is 8.56. The lowest BCUT2D eigenvalue weighted by Crippen LogP contribution is -2.51. The third-order valence-corrected chi connectivity index (χ3v) is 5.97. The molecule has 0 radical (unpaired) electrons. The van der Waals surface area contributed by atoms with Crippen molar-refractivity contribution in [3.8, 4) is 6.07 Å². The largest absolute Gasteiger partial charge is 0.344 e. The van der Waals surface area contributed by atoms with Gasteiger partial charge in [-0.1, -0.05) is 18.2 Å². The van der Waals surface area contributed by atoms with Crippen molar-refractivity contribution in [3.05, 3.63) is 30.3 Å². The molecular weight excluding hydrogens is 328 g/mol. The van der Waals surface area contributed by atoms with Gasteiger partial charge in [-0.2, -0.15) is 9.57 Å². The standard InChI is InChI=1S/C16H22N4O3S/c1-18(9-5-8-17)16(21)14-19-10-12-20(13-11-19)24(22,23)15-6-3-2-4-7-15/h2-4,6-7H,5,9-14H2,1H3. The molecule has 8 heteroatoms. The zero-order valence-corrected chi connectivity index (χ0v) is 14.6. The van der Waals surface area contributed by atoms with Crippen molar-refractivity contribution in [1.29, 1.82) is 5.26 Å². The molecular formula is C16H22N4O3S. The van der Waals surface area contributed by atoms with E-state index >= 15 is 0 Å². The number of carbonyl (C=O) groups is 1. The van der Waals surface area contributed by atoms with E-state index in [1.54, 1.807) is 37.4 Å². The zero-order valence-electron chi connectivity index (χ0n) is 13.8. The first-order chi connectivity index (χ1) is 11.4. The summed E-state index contributed by atoms with van der Waals surface area (Å²) in [6, 6.07) is 10.4. The summed E-state index contributed by atoms with van der Waals surface area (Å²) >= 11 is 0. The average Bonchev–Trinajstić information content (AvgIpc) is 2.60. The third-order valence-electron chi connectivity index (χ3n) is 4.06. The van der Waals surface area contributed by atoms with Crippen LogP contribution in [0.4, 0.5) is 0 Å². The van der Waals surface area contributed by atoms with E-state index in [2.05, 4.69) is 0 Å². The lowest BCUT2D eigenvalue weighted by Gasteiger charge is -2.34. The molecule has 1 aromatic rings. The first-order valence-electron chi connectivity index (χ1n) is 7.83. The van der Waals surface area contributed by atoms with E-state index in [-0.39, 0.29) is 12.5 Å². The van der Waals surface area contributed by atoms with Crippen molar-refractivity contribution in [1.82, 2.24) is 14.1 Å². The third kappa shape index (κ3) is 4.54. The lowest BCUT2D eigenvalue weighted by atomic mass is 10.3. The van der Waals surface area contributed by atoms with Crippen LogP contribution in [0.5, 0.6) is 0 Å². The molecule has 1 aromatic carbocycles. The molecule has 24 heavy (non-hydrogen) atoms. The quantitative estimate of drug-likeness (QED) is 0.740. The highest BCUT2D eigenvalue weighted by Crippen LogP contribution is 2.17. The number of piperazine rings is 1. The van der Waals surface area contributed by atoms with Crippen LogP contribution in [0.15, 0.2) is 35.2 Å². The van der Waals surface area contributed by atoms with E-state index in [4.69, 9.17) is 5.26 Å². The molecule has 1 fully saturated rings.